The molecule has 0 bridgehead atoms. The van der Waals surface area contributed by atoms with Crippen molar-refractivity contribution in [2.75, 3.05) is 6.54 Å². The van der Waals surface area contributed by atoms with E-state index in [4.69, 9.17) is 4.74 Å². The van der Waals surface area contributed by atoms with Gasteiger partial charge in [-0.25, -0.2) is 0 Å². The summed E-state index contributed by atoms with van der Waals surface area (Å²) in [5.41, 5.74) is 0. The minimum absolute atomic E-state index is 0.0486. The lowest BCUT2D eigenvalue weighted by atomic mass is 10.2. The fourth-order valence-corrected chi connectivity index (χ4v) is 1.57. The Morgan fingerprint density at radius 3 is 2.53 bits per heavy atom. The van der Waals surface area contributed by atoms with E-state index < -0.39 is 0 Å². The molecule has 4 nitrogen and oxygen atoms in total. The Balaban J connectivity index is 0.000000151. The predicted octanol–water partition coefficient (Wildman–Crippen LogP) is 1.39. The molecule has 2 saturated heterocycles. The van der Waals surface area contributed by atoms with Crippen molar-refractivity contribution >= 4 is 11.9 Å². The minimum atomic E-state index is -0.0486. The molecular weight excluding hydrogens is 194 g/mol. The van der Waals surface area contributed by atoms with E-state index in [9.17, 15) is 9.59 Å². The molecule has 2 aliphatic heterocycles. The first-order valence-corrected chi connectivity index (χ1v) is 5.64. The third-order valence-corrected chi connectivity index (χ3v) is 2.49. The fraction of sp³-hybridized carbons (Fsp3) is 0.818. The van der Waals surface area contributed by atoms with Crippen molar-refractivity contribution in [2.45, 2.75) is 51.6 Å². The number of carbonyl (C=O) groups excluding carboxylic acids is 2. The summed E-state index contributed by atoms with van der Waals surface area (Å²) in [6.45, 7) is 2.80. The summed E-state index contributed by atoms with van der Waals surface area (Å²) in [5, 5.41) is 2.81. The molecule has 0 aliphatic carbocycles. The van der Waals surface area contributed by atoms with Gasteiger partial charge in [0.2, 0.25) is 5.91 Å². The van der Waals surface area contributed by atoms with Gasteiger partial charge in [0.1, 0.15) is 0 Å². The van der Waals surface area contributed by atoms with Crippen LogP contribution in [0.1, 0.15) is 45.4 Å². The van der Waals surface area contributed by atoms with Crippen molar-refractivity contribution in [3.63, 3.8) is 0 Å². The number of esters is 1. The lowest BCUT2D eigenvalue weighted by molar-refractivity contribution is -0.140. The third kappa shape index (κ3) is 5.40. The molecule has 2 fully saturated rings. The normalized spacial score (nSPS) is 25.8. The topological polar surface area (TPSA) is 55.4 Å². The number of rotatable bonds is 0. The van der Waals surface area contributed by atoms with Crippen molar-refractivity contribution < 1.29 is 14.3 Å². The number of nitrogens with one attached hydrogen (secondary N) is 1. The Kier molecular flexibility index (Phi) is 5.15. The highest BCUT2D eigenvalue weighted by Crippen LogP contribution is 2.11. The molecule has 1 N–H and O–H groups in total. The molecule has 2 heterocycles. The molecule has 0 saturated carbocycles. The number of hydrogen-bond acceptors (Lipinski definition) is 3. The van der Waals surface area contributed by atoms with Crippen molar-refractivity contribution in [1.82, 2.24) is 5.32 Å². The van der Waals surface area contributed by atoms with Crippen molar-refractivity contribution in [3.05, 3.63) is 0 Å². The second-order valence-corrected chi connectivity index (χ2v) is 4.00. The highest BCUT2D eigenvalue weighted by Gasteiger charge is 2.17. The van der Waals surface area contributed by atoms with Gasteiger partial charge in [-0.15, -0.1) is 0 Å². The molecule has 2 rings (SSSR count). The Hall–Kier alpha value is -1.06. The second kappa shape index (κ2) is 6.43. The molecule has 1 amide bonds. The summed E-state index contributed by atoms with van der Waals surface area (Å²) in [6.07, 6.45) is 5.86. The van der Waals surface area contributed by atoms with Crippen molar-refractivity contribution in [3.8, 4) is 0 Å². The van der Waals surface area contributed by atoms with Crippen LogP contribution in [0.4, 0.5) is 0 Å². The second-order valence-electron chi connectivity index (χ2n) is 4.00. The summed E-state index contributed by atoms with van der Waals surface area (Å²) in [6, 6.07) is 0. The zero-order chi connectivity index (χ0) is 11.1. The molecule has 15 heavy (non-hydrogen) atoms. The number of cyclic esters (lactones) is 1. The maximum Gasteiger partial charge on any atom is 0.306 e. The molecule has 1 unspecified atom stereocenters. The van der Waals surface area contributed by atoms with Gasteiger partial charge in [0.05, 0.1) is 6.10 Å². The van der Waals surface area contributed by atoms with Crippen molar-refractivity contribution in [1.29, 1.82) is 0 Å². The molecule has 4 heteroatoms. The highest BCUT2D eigenvalue weighted by atomic mass is 16.5. The van der Waals surface area contributed by atoms with Crippen LogP contribution in [0.25, 0.3) is 0 Å². The van der Waals surface area contributed by atoms with Crippen molar-refractivity contribution in [2.24, 2.45) is 0 Å². The van der Waals surface area contributed by atoms with Gasteiger partial charge < -0.3 is 10.1 Å². The first-order chi connectivity index (χ1) is 7.18. The van der Waals surface area contributed by atoms with Crippen LogP contribution >= 0.6 is 0 Å². The van der Waals surface area contributed by atoms with Crippen LogP contribution in [0.3, 0.4) is 0 Å². The lowest BCUT2D eigenvalue weighted by Crippen LogP contribution is -2.21. The van der Waals surface area contributed by atoms with Gasteiger partial charge in [0, 0.05) is 19.4 Å². The van der Waals surface area contributed by atoms with Gasteiger partial charge in [0.25, 0.3) is 0 Å². The number of amides is 1. The monoisotopic (exact) mass is 213 g/mol. The third-order valence-electron chi connectivity index (χ3n) is 2.49. The smallest absolute Gasteiger partial charge is 0.306 e. The SMILES string of the molecule is CC1CCC(=O)O1.O=C1CCCCCN1. The average Bonchev–Trinajstić information content (AvgIpc) is 2.44. The molecule has 2 aliphatic rings. The van der Waals surface area contributed by atoms with Gasteiger partial charge >= 0.3 is 5.97 Å². The standard InChI is InChI=1S/C6H11NO.C5H8O2/c8-6-4-2-1-3-5-7-6;1-4-2-3-5(6)7-4/h1-5H2,(H,7,8);4H,2-3H2,1H3. The van der Waals surface area contributed by atoms with E-state index in [1.807, 2.05) is 6.92 Å². The quantitative estimate of drug-likeness (QED) is 0.619. The highest BCUT2D eigenvalue weighted by molar-refractivity contribution is 5.75. The fourth-order valence-electron chi connectivity index (χ4n) is 1.57. The first-order valence-electron chi connectivity index (χ1n) is 5.64. The van der Waals surface area contributed by atoms with E-state index in [0.717, 1.165) is 32.2 Å². The molecule has 0 aromatic heterocycles. The Morgan fingerprint density at radius 2 is 2.00 bits per heavy atom. The molecule has 0 aromatic rings. The molecule has 0 aromatic carbocycles. The zero-order valence-electron chi connectivity index (χ0n) is 9.25. The molecular formula is C11H19NO3. The first kappa shape index (κ1) is 12.0. The summed E-state index contributed by atoms with van der Waals surface area (Å²) >= 11 is 0. The van der Waals surface area contributed by atoms with E-state index in [1.54, 1.807) is 0 Å². The number of hydrogen-bond donors (Lipinski definition) is 1. The van der Waals surface area contributed by atoms with Gasteiger partial charge in [0.15, 0.2) is 0 Å². The van der Waals surface area contributed by atoms with E-state index in [1.165, 1.54) is 6.42 Å². The van der Waals surface area contributed by atoms with Gasteiger partial charge in [-0.05, 0) is 26.2 Å². The van der Waals surface area contributed by atoms with Crippen LogP contribution in [0, 0.1) is 0 Å². The Morgan fingerprint density at radius 1 is 1.20 bits per heavy atom. The maximum atomic E-state index is 10.6. The van der Waals surface area contributed by atoms with Gasteiger partial charge in [-0.1, -0.05) is 6.42 Å². The molecule has 0 spiro atoms. The van der Waals surface area contributed by atoms with E-state index in [-0.39, 0.29) is 18.0 Å². The predicted molar refractivity (Wildman–Crippen MR) is 56.3 cm³/mol. The van der Waals surface area contributed by atoms with Gasteiger partial charge in [-0.2, -0.15) is 0 Å². The largest absolute Gasteiger partial charge is 0.463 e. The Bertz CT molecular complexity index is 218. The summed E-state index contributed by atoms with van der Waals surface area (Å²) < 4.78 is 4.72. The van der Waals surface area contributed by atoms with Crippen LogP contribution in [-0.4, -0.2) is 24.5 Å². The lowest BCUT2D eigenvalue weighted by Gasteiger charge is -1.95. The van der Waals surface area contributed by atoms with Gasteiger partial charge in [-0.3, -0.25) is 9.59 Å². The average molecular weight is 213 g/mol. The molecule has 1 atom stereocenters. The van der Waals surface area contributed by atoms with E-state index >= 15 is 0 Å². The zero-order valence-corrected chi connectivity index (χ0v) is 9.25. The number of ether oxygens (including phenoxy) is 1. The van der Waals surface area contributed by atoms with Crippen LogP contribution in [0.2, 0.25) is 0 Å². The Labute approximate surface area is 90.4 Å². The van der Waals surface area contributed by atoms with Crippen LogP contribution in [0.15, 0.2) is 0 Å². The van der Waals surface area contributed by atoms with E-state index in [2.05, 4.69) is 5.32 Å². The summed E-state index contributed by atoms with van der Waals surface area (Å²) in [7, 11) is 0. The van der Waals surface area contributed by atoms with Crippen LogP contribution in [-0.2, 0) is 14.3 Å². The minimum Gasteiger partial charge on any atom is -0.463 e. The molecule has 0 radical (unpaired) electrons. The van der Waals surface area contributed by atoms with Crippen LogP contribution < -0.4 is 5.32 Å². The van der Waals surface area contributed by atoms with E-state index in [0.29, 0.717) is 6.42 Å². The van der Waals surface area contributed by atoms with Crippen LogP contribution in [0.5, 0.6) is 0 Å². The maximum absolute atomic E-state index is 10.6. The summed E-state index contributed by atoms with van der Waals surface area (Å²) in [5.74, 6) is 0.176. The number of carbonyl (C=O) groups is 2. The summed E-state index contributed by atoms with van der Waals surface area (Å²) in [4.78, 5) is 20.8. The molecule has 86 valence electrons.